The molecule has 1 amide bonds. The number of fused-ring (bicyclic) bond motifs is 2. The maximum Gasteiger partial charge on any atom is 0.268 e. The number of aromatic nitrogens is 1. The number of hydrogen-bond donors (Lipinski definition) is 2. The van der Waals surface area contributed by atoms with E-state index in [9.17, 15) is 18.3 Å². The van der Waals surface area contributed by atoms with Crippen molar-refractivity contribution in [3.05, 3.63) is 102 Å². The van der Waals surface area contributed by atoms with Gasteiger partial charge in [-0.15, -0.1) is 0 Å². The van der Waals surface area contributed by atoms with Crippen LogP contribution in [0.1, 0.15) is 16.7 Å². The third kappa shape index (κ3) is 3.16. The highest BCUT2D eigenvalue weighted by molar-refractivity contribution is 7.89. The van der Waals surface area contributed by atoms with Crippen LogP contribution in [0.4, 0.5) is 5.69 Å². The average molecular weight is 446 g/mol. The third-order valence-corrected chi connectivity index (χ3v) is 6.71. The lowest BCUT2D eigenvalue weighted by Gasteiger charge is -2.24. The molecule has 1 atom stereocenters. The minimum absolute atomic E-state index is 0.0916. The molecule has 1 aromatic heterocycles. The van der Waals surface area contributed by atoms with E-state index in [0.29, 0.717) is 11.3 Å². The van der Waals surface area contributed by atoms with Crippen molar-refractivity contribution in [2.24, 2.45) is 5.14 Å². The number of amides is 1. The molecule has 3 aromatic carbocycles. The Balaban J connectivity index is 1.57. The zero-order valence-corrected chi connectivity index (χ0v) is 17.7. The zero-order chi connectivity index (χ0) is 22.5. The number of aliphatic hydroxyl groups is 1. The molecule has 0 bridgehead atoms. The van der Waals surface area contributed by atoms with Crippen molar-refractivity contribution in [3.8, 4) is 0 Å². The number of carbonyl (C=O) groups excluding carboxylic acids is 1. The van der Waals surface area contributed by atoms with Crippen LogP contribution in [0.25, 0.3) is 10.8 Å². The maximum atomic E-state index is 13.6. The minimum Gasteiger partial charge on any atom is -0.372 e. The molecule has 0 fully saturated rings. The first-order valence-electron chi connectivity index (χ1n) is 9.88. The number of benzene rings is 3. The summed E-state index contributed by atoms with van der Waals surface area (Å²) >= 11 is 0. The van der Waals surface area contributed by atoms with Gasteiger partial charge in [0.05, 0.1) is 17.1 Å². The number of pyridine rings is 1. The Morgan fingerprint density at radius 3 is 2.47 bits per heavy atom. The summed E-state index contributed by atoms with van der Waals surface area (Å²) in [4.78, 5) is 19.1. The van der Waals surface area contributed by atoms with Crippen LogP contribution in [0.3, 0.4) is 0 Å². The van der Waals surface area contributed by atoms with Crippen LogP contribution < -0.4 is 10.0 Å². The number of primary sulfonamides is 1. The topological polar surface area (TPSA) is 114 Å². The summed E-state index contributed by atoms with van der Waals surface area (Å²) in [6.45, 7) is 0.270. The molecule has 1 aliphatic heterocycles. The van der Waals surface area contributed by atoms with Gasteiger partial charge in [0.15, 0.2) is 5.60 Å². The Hall–Kier alpha value is -3.59. The lowest BCUT2D eigenvalue weighted by Crippen LogP contribution is -2.40. The molecule has 0 saturated carbocycles. The molecular formula is C24H19N3O4S. The first kappa shape index (κ1) is 20.3. The normalized spacial score (nSPS) is 18.2. The van der Waals surface area contributed by atoms with Crippen molar-refractivity contribution in [2.45, 2.75) is 17.0 Å². The van der Waals surface area contributed by atoms with E-state index < -0.39 is 21.5 Å². The van der Waals surface area contributed by atoms with Crippen molar-refractivity contribution in [3.63, 3.8) is 0 Å². The van der Waals surface area contributed by atoms with E-state index in [-0.39, 0.29) is 17.0 Å². The Morgan fingerprint density at radius 2 is 1.72 bits per heavy atom. The Bertz CT molecular complexity index is 1470. The standard InChI is InChI=1S/C24H19N3O4S/c25-32(30,31)20-9-7-19(8-10-20)24(29)21-3-1-2-4-22(21)27(23(24)28)15-16-5-6-18-14-26-12-11-17(18)13-16/h1-14,29H,15H2,(H2,25,30,31). The van der Waals surface area contributed by atoms with Crippen LogP contribution in [-0.2, 0) is 27.0 Å². The van der Waals surface area contributed by atoms with Gasteiger partial charge in [0, 0.05) is 23.3 Å². The molecular weight excluding hydrogens is 426 g/mol. The molecule has 4 aromatic rings. The maximum absolute atomic E-state index is 13.6. The van der Waals surface area contributed by atoms with Gasteiger partial charge in [-0.1, -0.05) is 42.5 Å². The summed E-state index contributed by atoms with van der Waals surface area (Å²) < 4.78 is 23.2. The van der Waals surface area contributed by atoms with E-state index in [4.69, 9.17) is 5.14 Å². The fourth-order valence-corrected chi connectivity index (χ4v) is 4.69. The first-order chi connectivity index (χ1) is 15.3. The Morgan fingerprint density at radius 1 is 0.969 bits per heavy atom. The second kappa shape index (κ2) is 7.23. The highest BCUT2D eigenvalue weighted by atomic mass is 32.2. The lowest BCUT2D eigenvalue weighted by molar-refractivity contribution is -0.132. The summed E-state index contributed by atoms with van der Waals surface area (Å²) in [6.07, 6.45) is 3.49. The Labute approximate surface area is 184 Å². The fraction of sp³-hybridized carbons (Fsp3) is 0.0833. The van der Waals surface area contributed by atoms with E-state index in [0.717, 1.165) is 16.3 Å². The van der Waals surface area contributed by atoms with Crippen molar-refractivity contribution in [1.29, 1.82) is 0 Å². The van der Waals surface area contributed by atoms with Crippen LogP contribution in [0.15, 0.2) is 90.1 Å². The summed E-state index contributed by atoms with van der Waals surface area (Å²) in [7, 11) is -3.89. The number of hydrogen-bond acceptors (Lipinski definition) is 5. The van der Waals surface area contributed by atoms with Crippen LogP contribution in [0.2, 0.25) is 0 Å². The summed E-state index contributed by atoms with van der Waals surface area (Å²) in [5.41, 5.74) is 0.285. The molecule has 0 aliphatic carbocycles. The van der Waals surface area contributed by atoms with Gasteiger partial charge in [0.25, 0.3) is 5.91 Å². The number of rotatable bonds is 4. The smallest absolute Gasteiger partial charge is 0.268 e. The molecule has 5 rings (SSSR count). The quantitative estimate of drug-likeness (QED) is 0.501. The van der Waals surface area contributed by atoms with Gasteiger partial charge in [-0.3, -0.25) is 9.78 Å². The molecule has 0 spiro atoms. The van der Waals surface area contributed by atoms with Crippen molar-refractivity contribution < 1.29 is 18.3 Å². The zero-order valence-electron chi connectivity index (χ0n) is 16.8. The second-order valence-electron chi connectivity index (χ2n) is 7.75. The highest BCUT2D eigenvalue weighted by Gasteiger charge is 2.50. The van der Waals surface area contributed by atoms with Gasteiger partial charge in [-0.2, -0.15) is 0 Å². The van der Waals surface area contributed by atoms with Crippen molar-refractivity contribution in [2.75, 3.05) is 4.90 Å². The average Bonchev–Trinajstić information content (AvgIpc) is 3.01. The van der Waals surface area contributed by atoms with Crippen molar-refractivity contribution >= 4 is 32.4 Å². The SMILES string of the molecule is NS(=O)(=O)c1ccc(C2(O)C(=O)N(Cc3ccc4cnccc4c3)c3ccccc32)cc1. The molecule has 7 nitrogen and oxygen atoms in total. The Kier molecular flexibility index (Phi) is 4.59. The molecule has 32 heavy (non-hydrogen) atoms. The van der Waals surface area contributed by atoms with E-state index in [1.807, 2.05) is 24.3 Å². The van der Waals surface area contributed by atoms with Gasteiger partial charge < -0.3 is 10.0 Å². The van der Waals surface area contributed by atoms with Crippen molar-refractivity contribution in [1.82, 2.24) is 4.98 Å². The van der Waals surface area contributed by atoms with Crippen LogP contribution >= 0.6 is 0 Å². The molecule has 8 heteroatoms. The molecule has 0 radical (unpaired) electrons. The van der Waals surface area contributed by atoms with E-state index in [2.05, 4.69) is 4.98 Å². The number of sulfonamides is 1. The van der Waals surface area contributed by atoms with Gasteiger partial charge in [-0.05, 0) is 46.8 Å². The fourth-order valence-electron chi connectivity index (χ4n) is 4.17. The third-order valence-electron chi connectivity index (χ3n) is 5.79. The van der Waals surface area contributed by atoms with Crippen LogP contribution in [-0.4, -0.2) is 24.4 Å². The van der Waals surface area contributed by atoms with Gasteiger partial charge >= 0.3 is 0 Å². The van der Waals surface area contributed by atoms with Crippen LogP contribution in [0.5, 0.6) is 0 Å². The molecule has 1 aliphatic rings. The molecule has 1 unspecified atom stereocenters. The lowest BCUT2D eigenvalue weighted by atomic mass is 9.87. The summed E-state index contributed by atoms with van der Waals surface area (Å²) in [6, 6.07) is 20.2. The largest absolute Gasteiger partial charge is 0.372 e. The molecule has 3 N–H and O–H groups in total. The van der Waals surface area contributed by atoms with E-state index in [1.54, 1.807) is 41.6 Å². The number of para-hydroxylation sites is 1. The number of nitrogens with zero attached hydrogens (tertiary/aromatic N) is 2. The summed E-state index contributed by atoms with van der Waals surface area (Å²) in [5.74, 6) is -0.503. The van der Waals surface area contributed by atoms with Crippen LogP contribution in [0, 0.1) is 0 Å². The number of anilines is 1. The first-order valence-corrected chi connectivity index (χ1v) is 11.4. The number of carbonyl (C=O) groups is 1. The van der Waals surface area contributed by atoms with E-state index >= 15 is 0 Å². The van der Waals surface area contributed by atoms with Gasteiger partial charge in [0.2, 0.25) is 10.0 Å². The predicted molar refractivity (Wildman–Crippen MR) is 120 cm³/mol. The van der Waals surface area contributed by atoms with Gasteiger partial charge in [-0.25, -0.2) is 13.6 Å². The highest BCUT2D eigenvalue weighted by Crippen LogP contribution is 2.45. The monoisotopic (exact) mass is 445 g/mol. The minimum atomic E-state index is -3.89. The van der Waals surface area contributed by atoms with E-state index in [1.165, 1.54) is 24.3 Å². The summed E-state index contributed by atoms with van der Waals surface area (Å²) in [5, 5.41) is 18.8. The molecule has 0 saturated heterocycles. The molecule has 160 valence electrons. The second-order valence-corrected chi connectivity index (χ2v) is 9.31. The predicted octanol–water partition coefficient (Wildman–Crippen LogP) is 2.66. The van der Waals surface area contributed by atoms with Gasteiger partial charge in [0.1, 0.15) is 0 Å². The number of nitrogens with two attached hydrogens (primary N) is 1. The molecule has 2 heterocycles.